The molecular weight excluding hydrogens is 279 g/mol. The summed E-state index contributed by atoms with van der Waals surface area (Å²) in [6.07, 6.45) is 2.22. The third-order valence-electron chi connectivity index (χ3n) is 4.19. The van der Waals surface area contributed by atoms with Gasteiger partial charge in [0.2, 0.25) is 5.91 Å². The van der Waals surface area contributed by atoms with Crippen LogP contribution < -0.4 is 5.32 Å². The van der Waals surface area contributed by atoms with Crippen molar-refractivity contribution in [2.75, 3.05) is 19.6 Å². The molecule has 1 saturated heterocycles. The molecule has 2 rings (SSSR count). The Balaban J connectivity index is 1.84. The van der Waals surface area contributed by atoms with Crippen molar-refractivity contribution < 1.29 is 9.18 Å². The average Bonchev–Trinajstić information content (AvgIpc) is 2.46. The van der Waals surface area contributed by atoms with Crippen LogP contribution in [-0.4, -0.2) is 30.4 Å². The molecule has 0 radical (unpaired) electrons. The summed E-state index contributed by atoms with van der Waals surface area (Å²) in [5, 5.41) is 3.05. The Kier molecular flexibility index (Phi) is 5.57. The highest BCUT2D eigenvalue weighted by atomic mass is 19.1. The van der Waals surface area contributed by atoms with Gasteiger partial charge in [-0.2, -0.15) is 0 Å². The average molecular weight is 306 g/mol. The van der Waals surface area contributed by atoms with E-state index in [0.717, 1.165) is 31.5 Å². The lowest BCUT2D eigenvalue weighted by Gasteiger charge is -2.33. The number of amides is 1. The smallest absolute Gasteiger partial charge is 0.225 e. The van der Waals surface area contributed by atoms with Gasteiger partial charge in [-0.05, 0) is 31.4 Å². The summed E-state index contributed by atoms with van der Waals surface area (Å²) in [6, 6.07) is 6.96. The van der Waals surface area contributed by atoms with E-state index in [9.17, 15) is 9.18 Å². The second kappa shape index (κ2) is 7.23. The van der Waals surface area contributed by atoms with E-state index in [1.54, 1.807) is 6.07 Å². The number of rotatable bonds is 4. The maximum absolute atomic E-state index is 13.7. The molecule has 1 aromatic rings. The van der Waals surface area contributed by atoms with Gasteiger partial charge in [-0.25, -0.2) is 4.39 Å². The number of carbonyl (C=O) groups is 1. The molecule has 0 aromatic heterocycles. The summed E-state index contributed by atoms with van der Waals surface area (Å²) in [4.78, 5) is 14.2. The molecule has 1 aliphatic heterocycles. The van der Waals surface area contributed by atoms with E-state index in [1.165, 1.54) is 6.07 Å². The molecule has 4 heteroatoms. The van der Waals surface area contributed by atoms with Crippen LogP contribution in [0.4, 0.5) is 4.39 Å². The Labute approximate surface area is 132 Å². The number of nitrogens with one attached hydrogen (secondary N) is 1. The molecule has 1 aliphatic rings. The molecule has 0 saturated carbocycles. The monoisotopic (exact) mass is 306 g/mol. The highest BCUT2D eigenvalue weighted by Crippen LogP contribution is 2.20. The van der Waals surface area contributed by atoms with E-state index in [4.69, 9.17) is 0 Å². The molecule has 1 atom stereocenters. The molecular formula is C18H27FN2O. The first-order valence-corrected chi connectivity index (χ1v) is 8.10. The summed E-state index contributed by atoms with van der Waals surface area (Å²) in [7, 11) is 0. The normalized spacial score (nSPS) is 19.9. The van der Waals surface area contributed by atoms with E-state index in [-0.39, 0.29) is 17.1 Å². The van der Waals surface area contributed by atoms with Crippen LogP contribution in [0.1, 0.15) is 39.2 Å². The largest absolute Gasteiger partial charge is 0.355 e. The van der Waals surface area contributed by atoms with Crippen LogP contribution in [0.3, 0.4) is 0 Å². The van der Waals surface area contributed by atoms with Gasteiger partial charge in [0.15, 0.2) is 0 Å². The SMILES string of the molecule is CC(C)(C)C(=O)NC[C@@H]1CCCN(Cc2ccccc2F)C1. The van der Waals surface area contributed by atoms with Crippen molar-refractivity contribution in [3.8, 4) is 0 Å². The van der Waals surface area contributed by atoms with Gasteiger partial charge in [0.05, 0.1) is 0 Å². The molecule has 0 unspecified atom stereocenters. The topological polar surface area (TPSA) is 32.3 Å². The van der Waals surface area contributed by atoms with Crippen molar-refractivity contribution in [3.05, 3.63) is 35.6 Å². The summed E-state index contributed by atoms with van der Waals surface area (Å²) in [5.41, 5.74) is 0.406. The number of hydrogen-bond acceptors (Lipinski definition) is 2. The van der Waals surface area contributed by atoms with Gasteiger partial charge in [0.1, 0.15) is 5.82 Å². The van der Waals surface area contributed by atoms with Gasteiger partial charge in [-0.3, -0.25) is 9.69 Å². The van der Waals surface area contributed by atoms with Crippen LogP contribution in [0.15, 0.2) is 24.3 Å². The lowest BCUT2D eigenvalue weighted by atomic mass is 9.94. The molecule has 1 fully saturated rings. The summed E-state index contributed by atoms with van der Waals surface area (Å²) >= 11 is 0. The maximum Gasteiger partial charge on any atom is 0.225 e. The van der Waals surface area contributed by atoms with Crippen molar-refractivity contribution in [1.29, 1.82) is 0 Å². The van der Waals surface area contributed by atoms with E-state index < -0.39 is 0 Å². The van der Waals surface area contributed by atoms with Gasteiger partial charge in [-0.1, -0.05) is 39.0 Å². The van der Waals surface area contributed by atoms with Crippen LogP contribution in [-0.2, 0) is 11.3 Å². The van der Waals surface area contributed by atoms with E-state index in [2.05, 4.69) is 10.2 Å². The van der Waals surface area contributed by atoms with Crippen LogP contribution in [0.5, 0.6) is 0 Å². The maximum atomic E-state index is 13.7. The van der Waals surface area contributed by atoms with E-state index in [0.29, 0.717) is 19.0 Å². The lowest BCUT2D eigenvalue weighted by molar-refractivity contribution is -0.128. The van der Waals surface area contributed by atoms with Crippen LogP contribution >= 0.6 is 0 Å². The van der Waals surface area contributed by atoms with Gasteiger partial charge >= 0.3 is 0 Å². The zero-order valence-electron chi connectivity index (χ0n) is 13.9. The fourth-order valence-corrected chi connectivity index (χ4v) is 2.83. The summed E-state index contributed by atoms with van der Waals surface area (Å²) in [6.45, 7) is 9.05. The van der Waals surface area contributed by atoms with Crippen molar-refractivity contribution in [3.63, 3.8) is 0 Å². The minimum atomic E-state index is -0.346. The molecule has 22 heavy (non-hydrogen) atoms. The fourth-order valence-electron chi connectivity index (χ4n) is 2.83. The first-order valence-electron chi connectivity index (χ1n) is 8.10. The van der Waals surface area contributed by atoms with E-state index >= 15 is 0 Å². The van der Waals surface area contributed by atoms with Gasteiger partial charge < -0.3 is 5.32 Å². The Morgan fingerprint density at radius 3 is 2.77 bits per heavy atom. The van der Waals surface area contributed by atoms with Crippen molar-refractivity contribution in [2.24, 2.45) is 11.3 Å². The molecule has 1 amide bonds. The molecule has 1 aromatic carbocycles. The number of hydrogen-bond donors (Lipinski definition) is 1. The van der Waals surface area contributed by atoms with Crippen LogP contribution in [0.25, 0.3) is 0 Å². The third kappa shape index (κ3) is 4.80. The fraction of sp³-hybridized carbons (Fsp3) is 0.611. The molecule has 0 bridgehead atoms. The molecule has 1 heterocycles. The molecule has 1 N–H and O–H groups in total. The Bertz CT molecular complexity index is 510. The Hall–Kier alpha value is -1.42. The summed E-state index contributed by atoms with van der Waals surface area (Å²) in [5.74, 6) is 0.413. The minimum Gasteiger partial charge on any atom is -0.355 e. The molecule has 122 valence electrons. The number of carbonyl (C=O) groups excluding carboxylic acids is 1. The predicted molar refractivity (Wildman–Crippen MR) is 86.9 cm³/mol. The second-order valence-electron chi connectivity index (χ2n) is 7.29. The molecule has 0 aliphatic carbocycles. The highest BCUT2D eigenvalue weighted by Gasteiger charge is 2.24. The first-order chi connectivity index (χ1) is 10.4. The lowest BCUT2D eigenvalue weighted by Crippen LogP contribution is -2.43. The molecule has 0 spiro atoms. The first kappa shape index (κ1) is 16.9. The van der Waals surface area contributed by atoms with E-state index in [1.807, 2.05) is 32.9 Å². The van der Waals surface area contributed by atoms with Crippen LogP contribution in [0.2, 0.25) is 0 Å². The molecule has 3 nitrogen and oxygen atoms in total. The Morgan fingerprint density at radius 1 is 1.36 bits per heavy atom. The van der Waals surface area contributed by atoms with Gasteiger partial charge in [0, 0.05) is 30.6 Å². The number of nitrogens with zero attached hydrogens (tertiary/aromatic N) is 1. The third-order valence-corrected chi connectivity index (χ3v) is 4.19. The van der Waals surface area contributed by atoms with Crippen molar-refractivity contribution in [1.82, 2.24) is 10.2 Å². The zero-order chi connectivity index (χ0) is 16.2. The standard InChI is InChI=1S/C18H27FN2O/c1-18(2,3)17(22)20-11-14-7-6-10-21(12-14)13-15-8-4-5-9-16(15)19/h4-5,8-9,14H,6-7,10-13H2,1-3H3,(H,20,22)/t14-/m0/s1. The highest BCUT2D eigenvalue weighted by molar-refractivity contribution is 5.81. The number of likely N-dealkylation sites (tertiary alicyclic amines) is 1. The Morgan fingerprint density at radius 2 is 2.09 bits per heavy atom. The quantitative estimate of drug-likeness (QED) is 0.926. The van der Waals surface area contributed by atoms with Gasteiger partial charge in [-0.15, -0.1) is 0 Å². The number of halogens is 1. The second-order valence-corrected chi connectivity index (χ2v) is 7.29. The number of benzene rings is 1. The zero-order valence-corrected chi connectivity index (χ0v) is 13.9. The van der Waals surface area contributed by atoms with Crippen LogP contribution in [0, 0.1) is 17.2 Å². The predicted octanol–water partition coefficient (Wildman–Crippen LogP) is 3.20. The van der Waals surface area contributed by atoms with Crippen molar-refractivity contribution >= 4 is 5.91 Å². The van der Waals surface area contributed by atoms with Gasteiger partial charge in [0.25, 0.3) is 0 Å². The number of piperidine rings is 1. The van der Waals surface area contributed by atoms with Crippen molar-refractivity contribution in [2.45, 2.75) is 40.2 Å². The minimum absolute atomic E-state index is 0.0960. The summed E-state index contributed by atoms with van der Waals surface area (Å²) < 4.78 is 13.7.